The number of amides is 2. The minimum atomic E-state index is -0.426. The van der Waals surface area contributed by atoms with E-state index < -0.39 is 6.04 Å². The maximum absolute atomic E-state index is 13.1. The van der Waals surface area contributed by atoms with E-state index in [-0.39, 0.29) is 47.4 Å². The molecule has 0 aromatic heterocycles. The molecule has 24 heavy (non-hydrogen) atoms. The van der Waals surface area contributed by atoms with Crippen LogP contribution in [0.3, 0.4) is 0 Å². The van der Waals surface area contributed by atoms with Gasteiger partial charge < -0.3 is 15.0 Å². The Balaban J connectivity index is 1.53. The molecule has 1 saturated carbocycles. The Hall–Kier alpha value is -1.36. The molecule has 132 valence electrons. The Kier molecular flexibility index (Phi) is 3.75. The van der Waals surface area contributed by atoms with Crippen molar-refractivity contribution < 1.29 is 14.3 Å². The van der Waals surface area contributed by atoms with Crippen molar-refractivity contribution in [1.29, 1.82) is 0 Å². The van der Waals surface area contributed by atoms with Gasteiger partial charge in [-0.15, -0.1) is 0 Å². The summed E-state index contributed by atoms with van der Waals surface area (Å²) in [5.74, 6) is 0.0100. The molecule has 5 nitrogen and oxygen atoms in total. The number of hydrogen-bond acceptors (Lipinski definition) is 3. The Morgan fingerprint density at radius 1 is 1.21 bits per heavy atom. The molecule has 1 aliphatic carbocycles. The van der Waals surface area contributed by atoms with Crippen LogP contribution >= 0.6 is 0 Å². The Bertz CT molecular complexity index is 574. The summed E-state index contributed by atoms with van der Waals surface area (Å²) in [5.41, 5.74) is -0.301. The summed E-state index contributed by atoms with van der Waals surface area (Å²) in [5, 5.41) is 3.23. The first kappa shape index (κ1) is 16.1. The summed E-state index contributed by atoms with van der Waals surface area (Å²) in [6.45, 7) is 6.13. The van der Waals surface area contributed by atoms with Gasteiger partial charge in [0.25, 0.3) is 0 Å². The van der Waals surface area contributed by atoms with Crippen molar-refractivity contribution in [2.24, 2.45) is 11.3 Å². The highest BCUT2D eigenvalue weighted by Gasteiger charge is 2.65. The summed E-state index contributed by atoms with van der Waals surface area (Å²) < 4.78 is 5.85. The van der Waals surface area contributed by atoms with Gasteiger partial charge in [-0.3, -0.25) is 9.59 Å². The molecular weight excluding hydrogens is 304 g/mol. The number of nitrogens with zero attached hydrogens (tertiary/aromatic N) is 1. The highest BCUT2D eigenvalue weighted by atomic mass is 16.5. The molecule has 0 aromatic rings. The molecule has 4 rings (SSSR count). The molecule has 0 radical (unpaired) electrons. The van der Waals surface area contributed by atoms with Gasteiger partial charge in [0.1, 0.15) is 6.04 Å². The van der Waals surface area contributed by atoms with Crippen LogP contribution in [0.25, 0.3) is 0 Å². The predicted octanol–water partition coefficient (Wildman–Crippen LogP) is 2.01. The fraction of sp³-hybridized carbons (Fsp3) is 0.789. The van der Waals surface area contributed by atoms with Gasteiger partial charge in [-0.1, -0.05) is 52.2 Å². The Morgan fingerprint density at radius 3 is 2.54 bits per heavy atom. The third kappa shape index (κ3) is 2.40. The second-order valence-electron chi connectivity index (χ2n) is 8.82. The van der Waals surface area contributed by atoms with Gasteiger partial charge in [-0.2, -0.15) is 0 Å². The lowest BCUT2D eigenvalue weighted by atomic mass is 9.73. The zero-order valence-electron chi connectivity index (χ0n) is 14.8. The minimum absolute atomic E-state index is 0.00736. The van der Waals surface area contributed by atoms with E-state index >= 15 is 0 Å². The van der Waals surface area contributed by atoms with Crippen molar-refractivity contribution in [3.05, 3.63) is 12.2 Å². The minimum Gasteiger partial charge on any atom is -0.364 e. The Morgan fingerprint density at radius 2 is 1.88 bits per heavy atom. The second kappa shape index (κ2) is 5.58. The molecular formula is C19H28N2O3. The van der Waals surface area contributed by atoms with Crippen LogP contribution in [0.2, 0.25) is 0 Å². The number of hydrogen-bond donors (Lipinski definition) is 1. The fourth-order valence-corrected chi connectivity index (χ4v) is 4.91. The number of β-lactam (4-membered cyclic amide) rings is 1. The Labute approximate surface area is 143 Å². The van der Waals surface area contributed by atoms with Crippen molar-refractivity contribution in [3.63, 3.8) is 0 Å². The first-order valence-corrected chi connectivity index (χ1v) is 9.34. The molecule has 3 aliphatic heterocycles. The third-order valence-electron chi connectivity index (χ3n) is 6.02. The predicted molar refractivity (Wildman–Crippen MR) is 90.2 cm³/mol. The quantitative estimate of drug-likeness (QED) is 0.635. The van der Waals surface area contributed by atoms with E-state index in [1.165, 1.54) is 19.3 Å². The van der Waals surface area contributed by atoms with E-state index in [1.807, 2.05) is 37.8 Å². The molecule has 1 unspecified atom stereocenters. The van der Waals surface area contributed by atoms with Crippen LogP contribution in [0.1, 0.15) is 52.9 Å². The smallest absolute Gasteiger partial charge is 0.243 e. The number of carbonyl (C=O) groups is 2. The van der Waals surface area contributed by atoms with Crippen LogP contribution < -0.4 is 5.32 Å². The van der Waals surface area contributed by atoms with Crippen LogP contribution in [0.15, 0.2) is 12.2 Å². The standard InChI is InChI=1S/C19H28N2O3/c1-19(2,3)16(17(22)20-11-7-5-4-6-8-11)21-15-13-10-9-12(24-13)14(15)18(21)23/h9-16H,4-8H2,1-3H3,(H,20,22)/t12-,13+,14-,15+,16?/m1/s1. The molecule has 2 amide bonds. The monoisotopic (exact) mass is 332 g/mol. The summed E-state index contributed by atoms with van der Waals surface area (Å²) >= 11 is 0. The largest absolute Gasteiger partial charge is 0.364 e. The van der Waals surface area contributed by atoms with Crippen molar-refractivity contribution >= 4 is 11.8 Å². The average Bonchev–Trinajstić information content (AvgIpc) is 3.10. The molecule has 2 saturated heterocycles. The average molecular weight is 332 g/mol. The second-order valence-corrected chi connectivity index (χ2v) is 8.82. The molecule has 3 fully saturated rings. The number of carbonyl (C=O) groups excluding carboxylic acids is 2. The van der Waals surface area contributed by atoms with Crippen LogP contribution in [-0.2, 0) is 14.3 Å². The van der Waals surface area contributed by atoms with Crippen molar-refractivity contribution in [3.8, 4) is 0 Å². The summed E-state index contributed by atoms with van der Waals surface area (Å²) in [7, 11) is 0. The highest BCUT2D eigenvalue weighted by Crippen LogP contribution is 2.48. The summed E-state index contributed by atoms with van der Waals surface area (Å²) in [6.07, 6.45) is 9.66. The van der Waals surface area contributed by atoms with Crippen LogP contribution in [-0.4, -0.2) is 47.0 Å². The number of rotatable bonds is 3. The van der Waals surface area contributed by atoms with E-state index in [0.29, 0.717) is 0 Å². The molecule has 5 heteroatoms. The van der Waals surface area contributed by atoms with Crippen LogP contribution in [0, 0.1) is 11.3 Å². The van der Waals surface area contributed by atoms with Crippen LogP contribution in [0.4, 0.5) is 0 Å². The van der Waals surface area contributed by atoms with Crippen molar-refractivity contribution in [2.45, 2.75) is 83.2 Å². The number of nitrogens with one attached hydrogen (secondary N) is 1. The van der Waals surface area contributed by atoms with E-state index in [0.717, 1.165) is 12.8 Å². The first-order valence-electron chi connectivity index (χ1n) is 9.34. The zero-order chi connectivity index (χ0) is 17.1. The summed E-state index contributed by atoms with van der Waals surface area (Å²) in [6, 6.07) is -0.127. The lowest BCUT2D eigenvalue weighted by molar-refractivity contribution is -0.168. The molecule has 1 N–H and O–H groups in total. The maximum Gasteiger partial charge on any atom is 0.243 e. The first-order chi connectivity index (χ1) is 11.4. The SMILES string of the molecule is CC(C)(C)C(C(=O)NC1CCCCC1)N1C(=O)[C@H]2[C@@H]1[C@@H]1C=C[C@H]2O1. The third-order valence-corrected chi connectivity index (χ3v) is 6.02. The van der Waals surface area contributed by atoms with E-state index in [1.54, 1.807) is 0 Å². The molecule has 2 bridgehead atoms. The normalized spacial score (nSPS) is 36.5. The van der Waals surface area contributed by atoms with Gasteiger partial charge in [0, 0.05) is 6.04 Å². The van der Waals surface area contributed by atoms with Gasteiger partial charge in [0.05, 0.1) is 24.2 Å². The van der Waals surface area contributed by atoms with Gasteiger partial charge in [-0.05, 0) is 18.3 Å². The molecule has 0 aromatic carbocycles. The summed E-state index contributed by atoms with van der Waals surface area (Å²) in [4.78, 5) is 27.6. The maximum atomic E-state index is 13.1. The zero-order valence-corrected chi connectivity index (χ0v) is 14.8. The van der Waals surface area contributed by atoms with Gasteiger partial charge in [0.2, 0.25) is 11.8 Å². The van der Waals surface area contributed by atoms with E-state index in [4.69, 9.17) is 4.74 Å². The topological polar surface area (TPSA) is 58.6 Å². The molecule has 0 spiro atoms. The van der Waals surface area contributed by atoms with E-state index in [9.17, 15) is 9.59 Å². The van der Waals surface area contributed by atoms with Crippen LogP contribution in [0.5, 0.6) is 0 Å². The number of fused-ring (bicyclic) bond motifs is 5. The highest BCUT2D eigenvalue weighted by molar-refractivity contribution is 5.95. The van der Waals surface area contributed by atoms with Gasteiger partial charge in [-0.25, -0.2) is 0 Å². The number of likely N-dealkylation sites (tertiary alicyclic amines) is 1. The molecule has 5 atom stereocenters. The lowest BCUT2D eigenvalue weighted by Gasteiger charge is -2.53. The van der Waals surface area contributed by atoms with E-state index in [2.05, 4.69) is 5.32 Å². The lowest BCUT2D eigenvalue weighted by Crippen LogP contribution is -2.72. The number of ether oxygens (including phenoxy) is 1. The van der Waals surface area contributed by atoms with Crippen molar-refractivity contribution in [2.75, 3.05) is 0 Å². The van der Waals surface area contributed by atoms with Gasteiger partial charge >= 0.3 is 0 Å². The molecule has 3 heterocycles. The van der Waals surface area contributed by atoms with Gasteiger partial charge in [0.15, 0.2) is 0 Å². The van der Waals surface area contributed by atoms with Crippen molar-refractivity contribution in [1.82, 2.24) is 10.2 Å². The molecule has 4 aliphatic rings. The fourth-order valence-electron chi connectivity index (χ4n) is 4.91.